The van der Waals surface area contributed by atoms with Crippen LogP contribution in [0.1, 0.15) is 0 Å². The monoisotopic (exact) mass is 429 g/mol. The van der Waals surface area contributed by atoms with Crippen LogP contribution in [0.25, 0.3) is 11.4 Å². The molecule has 17 heavy (non-hydrogen) atoms. The Kier molecular flexibility index (Phi) is 3.47. The smallest absolute Gasteiger partial charge is 0.239 e. The average molecular weight is 430 g/mol. The number of H-pyrrole nitrogens is 1. The van der Waals surface area contributed by atoms with E-state index in [4.69, 9.17) is 5.14 Å². The van der Waals surface area contributed by atoms with E-state index in [-0.39, 0.29) is 10.7 Å². The average Bonchev–Trinajstić information content (AvgIpc) is 2.72. The van der Waals surface area contributed by atoms with Crippen molar-refractivity contribution >= 4 is 48.5 Å². The van der Waals surface area contributed by atoms with Crippen LogP contribution in [-0.4, -0.2) is 29.0 Å². The van der Waals surface area contributed by atoms with Gasteiger partial charge in [0.2, 0.25) is 10.0 Å². The van der Waals surface area contributed by atoms with Crippen LogP contribution in [0.15, 0.2) is 21.5 Å². The number of hydrogen-bond acceptors (Lipinski definition) is 5. The second kappa shape index (κ2) is 4.59. The second-order valence-corrected chi connectivity index (χ2v) is 6.54. The van der Waals surface area contributed by atoms with Gasteiger partial charge in [0, 0.05) is 8.04 Å². The molecule has 10 heteroatoms. The third kappa shape index (κ3) is 2.48. The van der Waals surface area contributed by atoms with Crippen molar-refractivity contribution < 1.29 is 8.42 Å². The number of nitrogens with two attached hydrogens (primary N) is 1. The van der Waals surface area contributed by atoms with E-state index in [1.54, 1.807) is 12.1 Å². The lowest BCUT2D eigenvalue weighted by Crippen LogP contribution is -2.15. The summed E-state index contributed by atoms with van der Waals surface area (Å²) in [4.78, 5) is -0.0389. The van der Waals surface area contributed by atoms with E-state index >= 15 is 0 Å². The Balaban J connectivity index is 2.87. The minimum Gasteiger partial charge on any atom is -0.239 e. The van der Waals surface area contributed by atoms with Gasteiger partial charge in [0.05, 0.1) is 5.56 Å². The Morgan fingerprint density at radius 3 is 2.65 bits per heavy atom. The summed E-state index contributed by atoms with van der Waals surface area (Å²) in [6.45, 7) is 0. The van der Waals surface area contributed by atoms with Crippen LogP contribution in [0, 0.1) is 3.57 Å². The van der Waals surface area contributed by atoms with Crippen molar-refractivity contribution in [3.63, 3.8) is 0 Å². The Morgan fingerprint density at radius 1 is 1.41 bits per heavy atom. The summed E-state index contributed by atoms with van der Waals surface area (Å²) in [6, 6.07) is 3.34. The van der Waals surface area contributed by atoms with Crippen molar-refractivity contribution in [2.75, 3.05) is 0 Å². The van der Waals surface area contributed by atoms with E-state index in [1.165, 1.54) is 0 Å². The summed E-state index contributed by atoms with van der Waals surface area (Å²) in [7, 11) is -3.88. The van der Waals surface area contributed by atoms with Gasteiger partial charge in [0.25, 0.3) is 0 Å². The molecule has 0 saturated heterocycles. The van der Waals surface area contributed by atoms with E-state index in [0.717, 1.165) is 0 Å². The van der Waals surface area contributed by atoms with Gasteiger partial charge in [-0.2, -0.15) is 0 Å². The summed E-state index contributed by atoms with van der Waals surface area (Å²) in [5.74, 6) is 0.250. The van der Waals surface area contributed by atoms with Crippen molar-refractivity contribution in [1.29, 1.82) is 0 Å². The molecule has 1 aromatic carbocycles. The fraction of sp³-hybridized carbons (Fsp3) is 0. The zero-order chi connectivity index (χ0) is 12.6. The zero-order valence-corrected chi connectivity index (χ0v) is 12.6. The number of benzene rings is 1. The zero-order valence-electron chi connectivity index (χ0n) is 8.05. The standard InChI is InChI=1S/C7H5BrIN5O2S/c8-3-1-2-4(9)5(6(3)17(10,15)16)7-11-13-14-12-7/h1-2H,(H2,10,15,16)(H,11,12,13,14). The first-order chi connectivity index (χ1) is 7.91. The van der Waals surface area contributed by atoms with Gasteiger partial charge in [0.1, 0.15) is 4.90 Å². The van der Waals surface area contributed by atoms with Gasteiger partial charge in [-0.15, -0.1) is 5.10 Å². The lowest BCUT2D eigenvalue weighted by Gasteiger charge is -2.09. The molecule has 0 spiro atoms. The van der Waals surface area contributed by atoms with Crippen LogP contribution in [0.3, 0.4) is 0 Å². The Hall–Kier alpha value is -0.590. The molecule has 0 saturated carbocycles. The largest absolute Gasteiger partial charge is 0.239 e. The van der Waals surface area contributed by atoms with Crippen LogP contribution in [0.2, 0.25) is 0 Å². The highest BCUT2D eigenvalue weighted by atomic mass is 127. The topological polar surface area (TPSA) is 115 Å². The minimum atomic E-state index is -3.88. The molecular formula is C7H5BrIN5O2S. The molecule has 0 fully saturated rings. The molecule has 1 heterocycles. The van der Waals surface area contributed by atoms with Crippen molar-refractivity contribution in [3.05, 3.63) is 20.2 Å². The van der Waals surface area contributed by atoms with Gasteiger partial charge in [-0.05, 0) is 61.1 Å². The van der Waals surface area contributed by atoms with E-state index < -0.39 is 10.0 Å². The minimum absolute atomic E-state index is 0.0389. The van der Waals surface area contributed by atoms with Gasteiger partial charge >= 0.3 is 0 Å². The summed E-state index contributed by atoms with van der Waals surface area (Å²) >= 11 is 5.15. The van der Waals surface area contributed by atoms with E-state index in [0.29, 0.717) is 13.6 Å². The van der Waals surface area contributed by atoms with Gasteiger partial charge in [0.15, 0.2) is 5.82 Å². The quantitative estimate of drug-likeness (QED) is 0.687. The van der Waals surface area contributed by atoms with Gasteiger partial charge < -0.3 is 0 Å². The highest BCUT2D eigenvalue weighted by molar-refractivity contribution is 14.1. The molecule has 90 valence electrons. The SMILES string of the molecule is NS(=O)(=O)c1c(Br)ccc(I)c1-c1nnn[nH]1. The Morgan fingerprint density at radius 2 is 2.12 bits per heavy atom. The molecule has 0 aliphatic rings. The molecule has 0 radical (unpaired) electrons. The van der Waals surface area contributed by atoms with Crippen molar-refractivity contribution in [2.45, 2.75) is 4.90 Å². The number of primary sulfonamides is 1. The first-order valence-corrected chi connectivity index (χ1v) is 7.58. The number of rotatable bonds is 2. The Bertz CT molecular complexity index is 657. The first kappa shape index (κ1) is 12.9. The number of tetrazole rings is 1. The predicted octanol–water partition coefficient (Wildman–Crippen LogP) is 0.881. The van der Waals surface area contributed by atoms with Crippen molar-refractivity contribution in [3.8, 4) is 11.4 Å². The molecule has 1 aromatic heterocycles. The summed E-state index contributed by atoms with van der Waals surface area (Å²) in [5.41, 5.74) is 0.354. The fourth-order valence-corrected chi connectivity index (χ4v) is 4.02. The fourth-order valence-electron chi connectivity index (χ4n) is 1.30. The lowest BCUT2D eigenvalue weighted by molar-refractivity contribution is 0.597. The third-order valence-electron chi connectivity index (χ3n) is 1.93. The molecule has 0 unspecified atom stereocenters. The second-order valence-electron chi connectivity index (χ2n) is 3.03. The Labute approximate surface area is 118 Å². The lowest BCUT2D eigenvalue weighted by atomic mass is 10.2. The molecule has 2 rings (SSSR count). The van der Waals surface area contributed by atoms with E-state index in [2.05, 4.69) is 36.6 Å². The van der Waals surface area contributed by atoms with Crippen LogP contribution < -0.4 is 5.14 Å². The molecule has 0 amide bonds. The predicted molar refractivity (Wildman–Crippen MR) is 71.4 cm³/mol. The molecule has 0 aliphatic heterocycles. The number of aromatic amines is 1. The molecule has 7 nitrogen and oxygen atoms in total. The normalized spacial score (nSPS) is 11.7. The molecular weight excluding hydrogens is 425 g/mol. The maximum Gasteiger partial charge on any atom is 0.239 e. The van der Waals surface area contributed by atoms with Crippen LogP contribution >= 0.6 is 38.5 Å². The summed E-state index contributed by atoms with van der Waals surface area (Å²) in [5, 5.41) is 18.2. The maximum atomic E-state index is 11.6. The van der Waals surface area contributed by atoms with Gasteiger partial charge in [-0.1, -0.05) is 0 Å². The van der Waals surface area contributed by atoms with Crippen molar-refractivity contribution in [2.24, 2.45) is 5.14 Å². The summed E-state index contributed by atoms with van der Waals surface area (Å²) in [6.07, 6.45) is 0. The van der Waals surface area contributed by atoms with Crippen LogP contribution in [0.4, 0.5) is 0 Å². The number of nitrogens with zero attached hydrogens (tertiary/aromatic N) is 3. The summed E-state index contributed by atoms with van der Waals surface area (Å²) < 4.78 is 24.2. The number of sulfonamides is 1. The van der Waals surface area contributed by atoms with Crippen LogP contribution in [0.5, 0.6) is 0 Å². The maximum absolute atomic E-state index is 11.6. The highest BCUT2D eigenvalue weighted by Gasteiger charge is 2.23. The third-order valence-corrected chi connectivity index (χ3v) is 4.74. The highest BCUT2D eigenvalue weighted by Crippen LogP contribution is 2.34. The van der Waals surface area contributed by atoms with Gasteiger partial charge in [-0.25, -0.2) is 18.7 Å². The molecule has 0 aliphatic carbocycles. The van der Waals surface area contributed by atoms with Gasteiger partial charge in [-0.3, -0.25) is 0 Å². The number of nitrogens with one attached hydrogen (secondary N) is 1. The molecule has 2 aromatic rings. The number of halogens is 2. The number of hydrogen-bond donors (Lipinski definition) is 2. The van der Waals surface area contributed by atoms with Crippen LogP contribution in [-0.2, 0) is 10.0 Å². The van der Waals surface area contributed by atoms with E-state index in [1.807, 2.05) is 22.6 Å². The molecule has 3 N–H and O–H groups in total. The molecule has 0 bridgehead atoms. The van der Waals surface area contributed by atoms with Crippen molar-refractivity contribution in [1.82, 2.24) is 20.6 Å². The molecule has 0 atom stereocenters. The van der Waals surface area contributed by atoms with E-state index in [9.17, 15) is 8.42 Å². The first-order valence-electron chi connectivity index (χ1n) is 4.16. The number of aromatic nitrogens is 4.